The van der Waals surface area contributed by atoms with Crippen LogP contribution in [0, 0.1) is 11.8 Å². The van der Waals surface area contributed by atoms with Crippen LogP contribution in [-0.4, -0.2) is 11.8 Å². The summed E-state index contributed by atoms with van der Waals surface area (Å²) in [6, 6.07) is 27.4. The molecule has 2 aliphatic rings. The fourth-order valence-electron chi connectivity index (χ4n) is 4.80. The number of nitrogens with zero attached hydrogens (tertiary/aromatic N) is 1. The van der Waals surface area contributed by atoms with Gasteiger partial charge in [-0.2, -0.15) is 0 Å². The number of hydrogen-bond acceptors (Lipinski definition) is 2. The Bertz CT molecular complexity index is 1060. The second-order valence-corrected chi connectivity index (χ2v) is 8.72. The van der Waals surface area contributed by atoms with Crippen LogP contribution in [0.3, 0.4) is 0 Å². The highest BCUT2D eigenvalue weighted by Gasteiger charge is 2.55. The molecule has 0 spiro atoms. The second-order valence-electron chi connectivity index (χ2n) is 7.80. The number of rotatable bonds is 3. The fraction of sp³-hybridized carbons (Fsp3) is 0.154. The molecule has 1 saturated heterocycles. The van der Waals surface area contributed by atoms with Crippen LogP contribution >= 0.6 is 15.9 Å². The second kappa shape index (κ2) is 7.69. The summed E-state index contributed by atoms with van der Waals surface area (Å²) in [5, 5.41) is 0. The quantitative estimate of drug-likeness (QED) is 0.374. The third-order valence-electron chi connectivity index (χ3n) is 6.13. The van der Waals surface area contributed by atoms with Crippen LogP contribution < -0.4 is 4.90 Å². The van der Waals surface area contributed by atoms with E-state index in [9.17, 15) is 9.59 Å². The van der Waals surface area contributed by atoms with Gasteiger partial charge >= 0.3 is 0 Å². The molecule has 0 bridgehead atoms. The molecular weight excluding hydrogens is 438 g/mol. The minimum atomic E-state index is -0.422. The van der Waals surface area contributed by atoms with Gasteiger partial charge in [-0.3, -0.25) is 9.59 Å². The standard InChI is InChI=1S/C26H20BrNO2/c27-19-12-7-13-20(16-19)28-25(29)23-21(17-8-3-1-4-9-17)14-15-22(24(23)26(28)30)18-10-5-2-6-11-18/h1-16,21-24H/t21-,22+,23-,24-/m1/s1. The van der Waals surface area contributed by atoms with Crippen molar-refractivity contribution in [2.75, 3.05) is 4.90 Å². The molecule has 0 radical (unpaired) electrons. The van der Waals surface area contributed by atoms with Crippen LogP contribution in [0.2, 0.25) is 0 Å². The van der Waals surface area contributed by atoms with E-state index in [-0.39, 0.29) is 23.7 Å². The van der Waals surface area contributed by atoms with Crippen LogP contribution in [-0.2, 0) is 9.59 Å². The van der Waals surface area contributed by atoms with Crippen molar-refractivity contribution < 1.29 is 9.59 Å². The highest BCUT2D eigenvalue weighted by atomic mass is 79.9. The van der Waals surface area contributed by atoms with Crippen molar-refractivity contribution in [2.45, 2.75) is 11.8 Å². The molecule has 0 N–H and O–H groups in total. The molecule has 30 heavy (non-hydrogen) atoms. The fourth-order valence-corrected chi connectivity index (χ4v) is 5.19. The predicted molar refractivity (Wildman–Crippen MR) is 121 cm³/mol. The van der Waals surface area contributed by atoms with Gasteiger partial charge in [0.25, 0.3) is 0 Å². The van der Waals surface area contributed by atoms with E-state index in [2.05, 4.69) is 28.1 Å². The zero-order valence-electron chi connectivity index (χ0n) is 16.2. The van der Waals surface area contributed by atoms with Gasteiger partial charge < -0.3 is 0 Å². The van der Waals surface area contributed by atoms with Crippen LogP contribution in [0.25, 0.3) is 0 Å². The summed E-state index contributed by atoms with van der Waals surface area (Å²) in [6.07, 6.45) is 4.23. The van der Waals surface area contributed by atoms with Crippen molar-refractivity contribution in [1.82, 2.24) is 0 Å². The monoisotopic (exact) mass is 457 g/mol. The number of hydrogen-bond donors (Lipinski definition) is 0. The zero-order chi connectivity index (χ0) is 20.7. The highest BCUT2D eigenvalue weighted by Crippen LogP contribution is 2.50. The van der Waals surface area contributed by atoms with E-state index in [1.807, 2.05) is 84.9 Å². The van der Waals surface area contributed by atoms with Crippen molar-refractivity contribution in [1.29, 1.82) is 0 Å². The normalized spacial score (nSPS) is 25.4. The average molecular weight is 458 g/mol. The topological polar surface area (TPSA) is 37.4 Å². The van der Waals surface area contributed by atoms with Crippen molar-refractivity contribution in [3.63, 3.8) is 0 Å². The van der Waals surface area contributed by atoms with E-state index in [0.29, 0.717) is 5.69 Å². The Morgan fingerprint density at radius 3 is 1.60 bits per heavy atom. The van der Waals surface area contributed by atoms with E-state index in [4.69, 9.17) is 0 Å². The molecule has 5 rings (SSSR count). The van der Waals surface area contributed by atoms with Crippen molar-refractivity contribution in [3.05, 3.63) is 113 Å². The number of amides is 2. The van der Waals surface area contributed by atoms with Crippen LogP contribution in [0.1, 0.15) is 23.0 Å². The van der Waals surface area contributed by atoms with Crippen molar-refractivity contribution >= 4 is 33.4 Å². The van der Waals surface area contributed by atoms with Crippen LogP contribution in [0.15, 0.2) is 102 Å². The average Bonchev–Trinajstić information content (AvgIpc) is 3.05. The molecule has 0 aromatic heterocycles. The van der Waals surface area contributed by atoms with Gasteiger partial charge in [-0.15, -0.1) is 0 Å². The molecule has 4 atom stereocenters. The largest absolute Gasteiger partial charge is 0.274 e. The molecular formula is C26H20BrNO2. The summed E-state index contributed by atoms with van der Waals surface area (Å²) in [6.45, 7) is 0. The Morgan fingerprint density at radius 1 is 0.633 bits per heavy atom. The van der Waals surface area contributed by atoms with Crippen LogP contribution in [0.4, 0.5) is 5.69 Å². The van der Waals surface area contributed by atoms with E-state index in [0.717, 1.165) is 15.6 Å². The maximum absolute atomic E-state index is 13.7. The van der Waals surface area contributed by atoms with Gasteiger partial charge in [0.05, 0.1) is 17.5 Å². The molecule has 4 heteroatoms. The Labute approximate surface area is 184 Å². The highest BCUT2D eigenvalue weighted by molar-refractivity contribution is 9.10. The smallest absolute Gasteiger partial charge is 0.238 e. The molecule has 3 aromatic rings. The Balaban J connectivity index is 1.64. The maximum atomic E-state index is 13.7. The van der Waals surface area contributed by atoms with Crippen molar-refractivity contribution in [2.24, 2.45) is 11.8 Å². The number of fused-ring (bicyclic) bond motifs is 1. The molecule has 1 aliphatic heterocycles. The summed E-state index contributed by atoms with van der Waals surface area (Å²) in [7, 11) is 0. The number of halogens is 1. The van der Waals surface area contributed by atoms with E-state index in [1.165, 1.54) is 4.90 Å². The number of allylic oxidation sites excluding steroid dienone is 2. The van der Waals surface area contributed by atoms with Gasteiger partial charge in [-0.05, 0) is 29.3 Å². The molecule has 1 aliphatic carbocycles. The zero-order valence-corrected chi connectivity index (χ0v) is 17.8. The van der Waals surface area contributed by atoms with Gasteiger partial charge in [0.2, 0.25) is 11.8 Å². The SMILES string of the molecule is O=C1[C@H]2[C@H](C(=O)N1c1cccc(Br)c1)[C@H](c1ccccc1)C=C[C@@H]2c1ccccc1. The van der Waals surface area contributed by atoms with Crippen molar-refractivity contribution in [3.8, 4) is 0 Å². The lowest BCUT2D eigenvalue weighted by atomic mass is 9.68. The molecule has 1 fully saturated rings. The number of anilines is 1. The number of imide groups is 1. The number of carbonyl (C=O) groups excluding carboxylic acids is 2. The minimum Gasteiger partial charge on any atom is -0.274 e. The molecule has 148 valence electrons. The first kappa shape index (κ1) is 19.0. The summed E-state index contributed by atoms with van der Waals surface area (Å²) >= 11 is 3.46. The Hall–Kier alpha value is -2.98. The first-order valence-electron chi connectivity index (χ1n) is 10.1. The molecule has 3 aromatic carbocycles. The molecule has 0 saturated carbocycles. The summed E-state index contributed by atoms with van der Waals surface area (Å²) in [5.74, 6) is -1.33. The van der Waals surface area contributed by atoms with E-state index < -0.39 is 11.8 Å². The van der Waals surface area contributed by atoms with E-state index in [1.54, 1.807) is 0 Å². The lowest BCUT2D eigenvalue weighted by molar-refractivity contribution is -0.122. The first-order chi connectivity index (χ1) is 14.6. The predicted octanol–water partition coefficient (Wildman–Crippen LogP) is 5.69. The number of benzene rings is 3. The summed E-state index contributed by atoms with van der Waals surface area (Å²) < 4.78 is 0.841. The summed E-state index contributed by atoms with van der Waals surface area (Å²) in [4.78, 5) is 28.7. The first-order valence-corrected chi connectivity index (χ1v) is 10.9. The van der Waals surface area contributed by atoms with Crippen LogP contribution in [0.5, 0.6) is 0 Å². The lowest BCUT2D eigenvalue weighted by Gasteiger charge is -2.32. The molecule has 2 amide bonds. The molecule has 0 unspecified atom stereocenters. The van der Waals surface area contributed by atoms with Gasteiger partial charge in [-0.25, -0.2) is 4.90 Å². The van der Waals surface area contributed by atoms with Gasteiger partial charge in [0.15, 0.2) is 0 Å². The van der Waals surface area contributed by atoms with Gasteiger partial charge in [-0.1, -0.05) is 94.8 Å². The third-order valence-corrected chi connectivity index (χ3v) is 6.63. The summed E-state index contributed by atoms with van der Waals surface area (Å²) in [5.41, 5.74) is 2.74. The van der Waals surface area contributed by atoms with Gasteiger partial charge in [0, 0.05) is 16.3 Å². The third kappa shape index (κ3) is 3.12. The Morgan fingerprint density at radius 2 is 1.13 bits per heavy atom. The molecule has 1 heterocycles. The van der Waals surface area contributed by atoms with Gasteiger partial charge in [0.1, 0.15) is 0 Å². The van der Waals surface area contributed by atoms with E-state index >= 15 is 0 Å². The lowest BCUT2D eigenvalue weighted by Crippen LogP contribution is -2.31. The Kier molecular flexibility index (Phi) is 4.87. The number of carbonyl (C=O) groups is 2. The minimum absolute atomic E-state index is 0.121. The maximum Gasteiger partial charge on any atom is 0.238 e. The molecule has 3 nitrogen and oxygen atoms in total.